The minimum absolute atomic E-state index is 0.0721. The predicted molar refractivity (Wildman–Crippen MR) is 92.7 cm³/mol. The highest BCUT2D eigenvalue weighted by molar-refractivity contribution is 7.99. The molecule has 2 heterocycles. The molecule has 1 fully saturated rings. The van der Waals surface area contributed by atoms with Crippen molar-refractivity contribution in [1.82, 2.24) is 14.5 Å². The van der Waals surface area contributed by atoms with Gasteiger partial charge in [0.2, 0.25) is 5.91 Å². The van der Waals surface area contributed by atoms with E-state index in [1.165, 1.54) is 22.7 Å². The number of amides is 1. The highest BCUT2D eigenvalue weighted by Crippen LogP contribution is 2.20. The summed E-state index contributed by atoms with van der Waals surface area (Å²) in [6.07, 6.45) is 2.27. The average Bonchev–Trinajstić information content (AvgIpc) is 2.56. The van der Waals surface area contributed by atoms with Gasteiger partial charge in [0.05, 0.1) is 16.7 Å². The molecule has 1 atom stereocenters. The standard InChI is InChI=1S/C17H21N3O2S/c1-12-6-5-9-20(10-12)15(21)11-23-17-18-14-8-4-3-7-13(14)16(22)19(17)2/h3-4,7-8,12H,5-6,9-11H2,1-2H3. The number of hydrogen-bond acceptors (Lipinski definition) is 4. The maximum Gasteiger partial charge on any atom is 0.261 e. The Balaban J connectivity index is 1.75. The molecular weight excluding hydrogens is 310 g/mol. The summed E-state index contributed by atoms with van der Waals surface area (Å²) in [5, 5.41) is 1.20. The van der Waals surface area contributed by atoms with Crippen LogP contribution < -0.4 is 5.56 Å². The Morgan fingerprint density at radius 3 is 2.96 bits per heavy atom. The van der Waals surface area contributed by atoms with Crippen LogP contribution in [0.5, 0.6) is 0 Å². The molecule has 6 heteroatoms. The second kappa shape index (κ2) is 6.74. The van der Waals surface area contributed by atoms with Crippen molar-refractivity contribution < 1.29 is 4.79 Å². The summed E-state index contributed by atoms with van der Waals surface area (Å²) in [6.45, 7) is 3.86. The van der Waals surface area contributed by atoms with Gasteiger partial charge in [-0.3, -0.25) is 14.2 Å². The van der Waals surface area contributed by atoms with E-state index in [0.717, 1.165) is 19.5 Å². The highest BCUT2D eigenvalue weighted by Gasteiger charge is 2.21. The first-order chi connectivity index (χ1) is 11.1. The number of rotatable bonds is 3. The molecule has 0 spiro atoms. The van der Waals surface area contributed by atoms with Crippen molar-refractivity contribution in [2.45, 2.75) is 24.9 Å². The molecule has 1 saturated heterocycles. The van der Waals surface area contributed by atoms with Gasteiger partial charge in [0, 0.05) is 20.1 Å². The van der Waals surface area contributed by atoms with Gasteiger partial charge in [0.1, 0.15) is 0 Å². The zero-order valence-corrected chi connectivity index (χ0v) is 14.3. The zero-order chi connectivity index (χ0) is 16.4. The van der Waals surface area contributed by atoms with Crippen LogP contribution in [0.2, 0.25) is 0 Å². The van der Waals surface area contributed by atoms with E-state index in [1.807, 2.05) is 23.1 Å². The molecule has 3 rings (SSSR count). The maximum atomic E-state index is 12.4. The van der Waals surface area contributed by atoms with E-state index >= 15 is 0 Å². The van der Waals surface area contributed by atoms with E-state index in [9.17, 15) is 9.59 Å². The van der Waals surface area contributed by atoms with Gasteiger partial charge in [-0.15, -0.1) is 0 Å². The van der Waals surface area contributed by atoms with Crippen molar-refractivity contribution in [2.24, 2.45) is 13.0 Å². The second-order valence-electron chi connectivity index (χ2n) is 6.15. The van der Waals surface area contributed by atoms with Crippen LogP contribution in [0.15, 0.2) is 34.2 Å². The highest BCUT2D eigenvalue weighted by atomic mass is 32.2. The lowest BCUT2D eigenvalue weighted by Crippen LogP contribution is -2.40. The van der Waals surface area contributed by atoms with Gasteiger partial charge < -0.3 is 4.90 Å². The first-order valence-corrected chi connectivity index (χ1v) is 8.91. The van der Waals surface area contributed by atoms with E-state index in [-0.39, 0.29) is 11.5 Å². The van der Waals surface area contributed by atoms with Crippen molar-refractivity contribution in [3.05, 3.63) is 34.6 Å². The number of likely N-dealkylation sites (tertiary alicyclic amines) is 1. The van der Waals surface area contributed by atoms with Gasteiger partial charge in [0.15, 0.2) is 5.16 Å². The molecule has 0 aliphatic carbocycles. The predicted octanol–water partition coefficient (Wildman–Crippen LogP) is 2.28. The quantitative estimate of drug-likeness (QED) is 0.640. The topological polar surface area (TPSA) is 55.2 Å². The number of nitrogens with zero attached hydrogens (tertiary/aromatic N) is 3. The summed E-state index contributed by atoms with van der Waals surface area (Å²) < 4.78 is 1.53. The first-order valence-electron chi connectivity index (χ1n) is 7.92. The van der Waals surface area contributed by atoms with Crippen molar-refractivity contribution in [1.29, 1.82) is 0 Å². The average molecular weight is 331 g/mol. The smallest absolute Gasteiger partial charge is 0.261 e. The molecular formula is C17H21N3O2S. The van der Waals surface area contributed by atoms with Crippen molar-refractivity contribution in [3.8, 4) is 0 Å². The van der Waals surface area contributed by atoms with Crippen molar-refractivity contribution in [2.75, 3.05) is 18.8 Å². The van der Waals surface area contributed by atoms with Gasteiger partial charge in [0.25, 0.3) is 5.56 Å². The Kier molecular flexibility index (Phi) is 4.71. The molecule has 1 aromatic heterocycles. The normalized spacial score (nSPS) is 18.3. The summed E-state index contributed by atoms with van der Waals surface area (Å²) in [6, 6.07) is 7.30. The van der Waals surface area contributed by atoms with Gasteiger partial charge in [-0.1, -0.05) is 30.8 Å². The molecule has 0 bridgehead atoms. The van der Waals surface area contributed by atoms with Crippen LogP contribution in [-0.2, 0) is 11.8 Å². The molecule has 122 valence electrons. The lowest BCUT2D eigenvalue weighted by atomic mass is 10.0. The fourth-order valence-electron chi connectivity index (χ4n) is 2.96. The third-order valence-corrected chi connectivity index (χ3v) is 5.29. The van der Waals surface area contributed by atoms with Gasteiger partial charge in [-0.05, 0) is 30.9 Å². The Bertz CT molecular complexity index is 787. The number of hydrogen-bond donors (Lipinski definition) is 0. The number of benzene rings is 1. The lowest BCUT2D eigenvalue weighted by Gasteiger charge is -2.30. The minimum atomic E-state index is -0.0721. The molecule has 1 amide bonds. The number of aromatic nitrogens is 2. The molecule has 0 radical (unpaired) electrons. The molecule has 23 heavy (non-hydrogen) atoms. The Morgan fingerprint density at radius 1 is 1.39 bits per heavy atom. The number of piperidine rings is 1. The largest absolute Gasteiger partial charge is 0.342 e. The summed E-state index contributed by atoms with van der Waals surface area (Å²) in [7, 11) is 1.71. The Morgan fingerprint density at radius 2 is 2.17 bits per heavy atom. The Hall–Kier alpha value is -1.82. The molecule has 1 aromatic carbocycles. The molecule has 5 nitrogen and oxygen atoms in total. The lowest BCUT2D eigenvalue weighted by molar-refractivity contribution is -0.130. The summed E-state index contributed by atoms with van der Waals surface area (Å²) in [4.78, 5) is 31.2. The summed E-state index contributed by atoms with van der Waals surface area (Å²) >= 11 is 1.34. The van der Waals surface area contributed by atoms with Crippen LogP contribution in [0.4, 0.5) is 0 Å². The fraction of sp³-hybridized carbons (Fsp3) is 0.471. The number of thioether (sulfide) groups is 1. The fourth-order valence-corrected chi connectivity index (χ4v) is 3.83. The van der Waals surface area contributed by atoms with Crippen molar-refractivity contribution >= 4 is 28.6 Å². The SMILES string of the molecule is CC1CCCN(C(=O)CSc2nc3ccccc3c(=O)n2C)C1. The summed E-state index contributed by atoms with van der Waals surface area (Å²) in [5.74, 6) is 1.02. The van der Waals surface area contributed by atoms with Crippen LogP contribution >= 0.6 is 11.8 Å². The van der Waals surface area contributed by atoms with E-state index in [1.54, 1.807) is 13.1 Å². The molecule has 0 N–H and O–H groups in total. The van der Waals surface area contributed by atoms with Crippen LogP contribution in [0.1, 0.15) is 19.8 Å². The van der Waals surface area contributed by atoms with Crippen molar-refractivity contribution in [3.63, 3.8) is 0 Å². The van der Waals surface area contributed by atoms with Crippen LogP contribution in [0.3, 0.4) is 0 Å². The third kappa shape index (κ3) is 3.42. The van der Waals surface area contributed by atoms with Crippen LogP contribution in [0, 0.1) is 5.92 Å². The second-order valence-corrected chi connectivity index (χ2v) is 7.09. The van der Waals surface area contributed by atoms with E-state index in [4.69, 9.17) is 0 Å². The van der Waals surface area contributed by atoms with Crippen LogP contribution in [-0.4, -0.2) is 39.2 Å². The molecule has 1 unspecified atom stereocenters. The summed E-state index contributed by atoms with van der Waals surface area (Å²) in [5.41, 5.74) is 0.606. The number of fused-ring (bicyclic) bond motifs is 1. The number of para-hydroxylation sites is 1. The zero-order valence-electron chi connectivity index (χ0n) is 13.5. The van der Waals surface area contributed by atoms with E-state index in [0.29, 0.717) is 27.7 Å². The van der Waals surface area contributed by atoms with Crippen LogP contribution in [0.25, 0.3) is 10.9 Å². The number of carbonyl (C=O) groups is 1. The first kappa shape index (κ1) is 16.1. The Labute approximate surface area is 139 Å². The third-order valence-electron chi connectivity index (χ3n) is 4.28. The molecule has 1 aliphatic heterocycles. The van der Waals surface area contributed by atoms with Gasteiger partial charge >= 0.3 is 0 Å². The maximum absolute atomic E-state index is 12.4. The van der Waals surface area contributed by atoms with E-state index in [2.05, 4.69) is 11.9 Å². The number of carbonyl (C=O) groups excluding carboxylic acids is 1. The van der Waals surface area contributed by atoms with E-state index < -0.39 is 0 Å². The monoisotopic (exact) mass is 331 g/mol. The minimum Gasteiger partial charge on any atom is -0.342 e. The van der Waals surface area contributed by atoms with Gasteiger partial charge in [-0.2, -0.15) is 0 Å². The van der Waals surface area contributed by atoms with Gasteiger partial charge in [-0.25, -0.2) is 4.98 Å². The molecule has 2 aromatic rings. The molecule has 1 aliphatic rings. The molecule has 0 saturated carbocycles.